The predicted octanol–water partition coefficient (Wildman–Crippen LogP) is -3.30. The SMILES string of the molecule is CC(=O)N[C@H]1[C@H]([C@H](O)[C@H](O)CO)O[C@@](O)(C(=O)O)C[C@@H]1OC(C)=O. The summed E-state index contributed by atoms with van der Waals surface area (Å²) in [5, 5.41) is 50.1. The van der Waals surface area contributed by atoms with E-state index in [4.69, 9.17) is 19.7 Å². The summed E-state index contributed by atoms with van der Waals surface area (Å²) in [6, 6.07) is -1.26. The summed E-state index contributed by atoms with van der Waals surface area (Å²) in [4.78, 5) is 33.8. The molecule has 6 atom stereocenters. The van der Waals surface area contributed by atoms with Crippen molar-refractivity contribution < 1.29 is 49.4 Å². The number of carboxylic acids is 1. The second-order valence-corrected chi connectivity index (χ2v) is 5.49. The Morgan fingerprint density at radius 3 is 2.33 bits per heavy atom. The first-order chi connectivity index (χ1) is 11.0. The fourth-order valence-electron chi connectivity index (χ4n) is 2.44. The van der Waals surface area contributed by atoms with E-state index in [1.807, 2.05) is 0 Å². The summed E-state index contributed by atoms with van der Waals surface area (Å²) in [7, 11) is 0. The van der Waals surface area contributed by atoms with Gasteiger partial charge < -0.3 is 40.3 Å². The Morgan fingerprint density at radius 1 is 1.33 bits per heavy atom. The van der Waals surface area contributed by atoms with Crippen molar-refractivity contribution in [1.82, 2.24) is 5.32 Å². The highest BCUT2D eigenvalue weighted by Crippen LogP contribution is 2.32. The molecule has 0 aromatic heterocycles. The van der Waals surface area contributed by atoms with Crippen LogP contribution < -0.4 is 5.32 Å². The van der Waals surface area contributed by atoms with Crippen LogP contribution in [0.3, 0.4) is 0 Å². The van der Waals surface area contributed by atoms with Crippen LogP contribution in [-0.4, -0.2) is 86.2 Å². The molecule has 1 aliphatic rings. The third kappa shape index (κ3) is 4.61. The number of rotatable bonds is 6. The lowest BCUT2D eigenvalue weighted by Gasteiger charge is -2.45. The highest BCUT2D eigenvalue weighted by molar-refractivity contribution is 5.76. The molecule has 0 spiro atoms. The minimum absolute atomic E-state index is 0.614. The number of carbonyl (C=O) groups excluding carboxylic acids is 2. The van der Waals surface area contributed by atoms with Gasteiger partial charge in [0.2, 0.25) is 5.91 Å². The second-order valence-electron chi connectivity index (χ2n) is 5.49. The van der Waals surface area contributed by atoms with E-state index in [2.05, 4.69) is 5.32 Å². The Hall–Kier alpha value is -1.79. The van der Waals surface area contributed by atoms with E-state index in [0.717, 1.165) is 13.8 Å². The molecule has 6 N–H and O–H groups in total. The molecule has 0 aromatic rings. The first-order valence-electron chi connectivity index (χ1n) is 7.06. The van der Waals surface area contributed by atoms with Gasteiger partial charge in [0.05, 0.1) is 19.1 Å². The normalized spacial score (nSPS) is 32.5. The summed E-state index contributed by atoms with van der Waals surface area (Å²) in [6.45, 7) is 1.26. The molecule has 0 unspecified atom stereocenters. The number of hydrogen-bond donors (Lipinski definition) is 6. The van der Waals surface area contributed by atoms with Crippen LogP contribution in [0, 0.1) is 0 Å². The maximum atomic E-state index is 11.4. The van der Waals surface area contributed by atoms with Crippen LogP contribution in [0.4, 0.5) is 0 Å². The van der Waals surface area contributed by atoms with Crippen molar-refractivity contribution in [1.29, 1.82) is 0 Å². The van der Waals surface area contributed by atoms with Crippen LogP contribution in [0.15, 0.2) is 0 Å². The van der Waals surface area contributed by atoms with Gasteiger partial charge in [0.15, 0.2) is 0 Å². The number of esters is 1. The second kappa shape index (κ2) is 7.85. The van der Waals surface area contributed by atoms with E-state index in [1.54, 1.807) is 0 Å². The summed E-state index contributed by atoms with van der Waals surface area (Å²) >= 11 is 0. The van der Waals surface area contributed by atoms with Gasteiger partial charge in [-0.15, -0.1) is 0 Å². The van der Waals surface area contributed by atoms with Crippen LogP contribution in [0.5, 0.6) is 0 Å². The lowest BCUT2D eigenvalue weighted by atomic mass is 9.88. The van der Waals surface area contributed by atoms with E-state index in [-0.39, 0.29) is 0 Å². The number of amides is 1. The molecule has 0 radical (unpaired) electrons. The molecule has 11 nitrogen and oxygen atoms in total. The third-order valence-corrected chi connectivity index (χ3v) is 3.50. The summed E-state index contributed by atoms with van der Waals surface area (Å²) in [5.74, 6) is -6.06. The molecule has 1 rings (SSSR count). The number of carbonyl (C=O) groups is 3. The molecule has 1 heterocycles. The van der Waals surface area contributed by atoms with Gasteiger partial charge in [0.1, 0.15) is 24.4 Å². The highest BCUT2D eigenvalue weighted by atomic mass is 16.7. The summed E-state index contributed by atoms with van der Waals surface area (Å²) in [5.41, 5.74) is 0. The standard InChI is InChI=1S/C13H21NO10/c1-5(16)14-9-8(23-6(2)17)3-13(22,12(20)21)24-11(9)10(19)7(18)4-15/h7-11,15,18-19,22H,3-4H2,1-2H3,(H,14,16)(H,20,21)/t7-,8+,9-,10-,11-,13-/m1/s1. The van der Waals surface area contributed by atoms with Crippen LogP contribution >= 0.6 is 0 Å². The molecule has 0 bridgehead atoms. The Labute approximate surface area is 136 Å². The molecule has 0 saturated carbocycles. The zero-order valence-corrected chi connectivity index (χ0v) is 13.1. The minimum Gasteiger partial charge on any atom is -0.477 e. The van der Waals surface area contributed by atoms with Gasteiger partial charge in [0, 0.05) is 13.8 Å². The van der Waals surface area contributed by atoms with Gasteiger partial charge >= 0.3 is 11.9 Å². The third-order valence-electron chi connectivity index (χ3n) is 3.50. The van der Waals surface area contributed by atoms with Crippen LogP contribution in [0.25, 0.3) is 0 Å². The molecule has 1 amide bonds. The first-order valence-corrected chi connectivity index (χ1v) is 7.06. The number of aliphatic carboxylic acids is 1. The Balaban J connectivity index is 3.25. The number of aliphatic hydroxyl groups is 4. The topological polar surface area (TPSA) is 183 Å². The molecular weight excluding hydrogens is 330 g/mol. The van der Waals surface area contributed by atoms with Gasteiger partial charge in [-0.2, -0.15) is 0 Å². The van der Waals surface area contributed by atoms with E-state index in [1.165, 1.54) is 0 Å². The van der Waals surface area contributed by atoms with Crippen LogP contribution in [0.1, 0.15) is 20.3 Å². The number of aliphatic hydroxyl groups excluding tert-OH is 3. The average Bonchev–Trinajstić information content (AvgIpc) is 2.47. The molecule has 1 aliphatic heterocycles. The summed E-state index contributed by atoms with van der Waals surface area (Å²) in [6.07, 6.45) is -7.37. The van der Waals surface area contributed by atoms with Gasteiger partial charge in [-0.25, -0.2) is 4.79 Å². The van der Waals surface area contributed by atoms with Crippen LogP contribution in [0.2, 0.25) is 0 Å². The van der Waals surface area contributed by atoms with Gasteiger partial charge in [-0.05, 0) is 0 Å². The quantitative estimate of drug-likeness (QED) is 0.265. The number of nitrogens with one attached hydrogen (secondary N) is 1. The zero-order valence-electron chi connectivity index (χ0n) is 13.1. The molecular formula is C13H21NO10. The maximum Gasteiger partial charge on any atom is 0.364 e. The predicted molar refractivity (Wildman–Crippen MR) is 74.3 cm³/mol. The van der Waals surface area contributed by atoms with Crippen molar-refractivity contribution in [3.05, 3.63) is 0 Å². The van der Waals surface area contributed by atoms with Crippen molar-refractivity contribution in [3.8, 4) is 0 Å². The molecule has 11 heteroatoms. The van der Waals surface area contributed by atoms with E-state index in [0.29, 0.717) is 0 Å². The molecule has 138 valence electrons. The van der Waals surface area contributed by atoms with Crippen molar-refractivity contribution in [2.75, 3.05) is 6.61 Å². The molecule has 1 saturated heterocycles. The van der Waals surface area contributed by atoms with Crippen molar-refractivity contribution in [3.63, 3.8) is 0 Å². The lowest BCUT2D eigenvalue weighted by Crippen LogP contribution is -2.67. The average molecular weight is 351 g/mol. The Kier molecular flexibility index (Phi) is 6.63. The van der Waals surface area contributed by atoms with Gasteiger partial charge in [-0.1, -0.05) is 0 Å². The van der Waals surface area contributed by atoms with E-state index >= 15 is 0 Å². The zero-order chi connectivity index (χ0) is 18.7. The largest absolute Gasteiger partial charge is 0.477 e. The fourth-order valence-corrected chi connectivity index (χ4v) is 2.44. The number of hydrogen-bond acceptors (Lipinski definition) is 9. The molecule has 0 aliphatic carbocycles. The van der Waals surface area contributed by atoms with Crippen LogP contribution in [-0.2, 0) is 23.9 Å². The van der Waals surface area contributed by atoms with E-state index in [9.17, 15) is 29.7 Å². The van der Waals surface area contributed by atoms with Crippen molar-refractivity contribution in [2.24, 2.45) is 0 Å². The van der Waals surface area contributed by atoms with E-state index < -0.39 is 67.1 Å². The minimum atomic E-state index is -2.82. The van der Waals surface area contributed by atoms with Gasteiger partial charge in [0.25, 0.3) is 5.79 Å². The lowest BCUT2D eigenvalue weighted by molar-refractivity contribution is -0.296. The number of ether oxygens (including phenoxy) is 2. The molecule has 24 heavy (non-hydrogen) atoms. The summed E-state index contributed by atoms with van der Waals surface area (Å²) < 4.78 is 9.91. The number of carboxylic acid groups (broad SMARTS) is 1. The van der Waals surface area contributed by atoms with Gasteiger partial charge in [-0.3, -0.25) is 9.59 Å². The Bertz CT molecular complexity index is 497. The Morgan fingerprint density at radius 2 is 1.92 bits per heavy atom. The molecule has 1 fully saturated rings. The molecule has 0 aromatic carbocycles. The first kappa shape index (κ1) is 20.3. The highest BCUT2D eigenvalue weighted by Gasteiger charge is 2.55. The smallest absolute Gasteiger partial charge is 0.364 e. The van der Waals surface area contributed by atoms with Crippen molar-refractivity contribution >= 4 is 17.8 Å². The maximum absolute atomic E-state index is 11.4. The van der Waals surface area contributed by atoms with Crippen molar-refractivity contribution in [2.45, 2.75) is 56.5 Å². The fraction of sp³-hybridized carbons (Fsp3) is 0.769. The monoisotopic (exact) mass is 351 g/mol.